The first-order chi connectivity index (χ1) is 12.5. The van der Waals surface area contributed by atoms with Gasteiger partial charge >= 0.3 is 0 Å². The molecule has 6 nitrogen and oxygen atoms in total. The Morgan fingerprint density at radius 2 is 2.04 bits per heavy atom. The average Bonchev–Trinajstić information content (AvgIpc) is 2.58. The van der Waals surface area contributed by atoms with Crippen molar-refractivity contribution in [3.63, 3.8) is 0 Å². The number of hydrogen-bond donors (Lipinski definition) is 2. The van der Waals surface area contributed by atoms with Crippen molar-refractivity contribution in [2.24, 2.45) is 4.99 Å². The third kappa shape index (κ3) is 6.37. The van der Waals surface area contributed by atoms with Gasteiger partial charge in [0.1, 0.15) is 5.82 Å². The van der Waals surface area contributed by atoms with E-state index in [-0.39, 0.29) is 5.91 Å². The number of nitrogens with one attached hydrogen (secondary N) is 2. The van der Waals surface area contributed by atoms with E-state index in [1.54, 1.807) is 13.1 Å². The first-order valence-corrected chi connectivity index (χ1v) is 8.75. The number of hydrogen-bond acceptors (Lipinski definition) is 3. The number of carbonyl (C=O) groups excluding carboxylic acids is 1. The van der Waals surface area contributed by atoms with E-state index in [9.17, 15) is 4.79 Å². The minimum atomic E-state index is -0.0939. The van der Waals surface area contributed by atoms with Gasteiger partial charge in [-0.3, -0.25) is 9.79 Å². The Bertz CT molecular complexity index is 778. The van der Waals surface area contributed by atoms with Crippen LogP contribution in [0.3, 0.4) is 0 Å². The Labute approximate surface area is 159 Å². The van der Waals surface area contributed by atoms with Gasteiger partial charge in [-0.15, -0.1) is 0 Å². The summed E-state index contributed by atoms with van der Waals surface area (Å²) < 4.78 is 0. The molecule has 138 valence electrons. The molecule has 2 rings (SSSR count). The average molecular weight is 374 g/mol. The SMILES string of the molecule is CN=C(NCCC(=O)Nc1cccc(C)n1)N(C)Cc1cccc(Cl)c1. The summed E-state index contributed by atoms with van der Waals surface area (Å²) >= 11 is 6.02. The lowest BCUT2D eigenvalue weighted by atomic mass is 10.2. The number of aryl methyl sites for hydroxylation is 1. The topological polar surface area (TPSA) is 69.6 Å². The minimum absolute atomic E-state index is 0.0939. The van der Waals surface area contributed by atoms with Crippen LogP contribution in [0.2, 0.25) is 5.02 Å². The van der Waals surface area contributed by atoms with E-state index in [0.29, 0.717) is 36.3 Å². The first kappa shape index (κ1) is 19.7. The lowest BCUT2D eigenvalue weighted by Gasteiger charge is -2.22. The molecule has 0 spiro atoms. The monoisotopic (exact) mass is 373 g/mol. The molecule has 0 fully saturated rings. The van der Waals surface area contributed by atoms with Gasteiger partial charge in [-0.1, -0.05) is 29.8 Å². The normalized spacial score (nSPS) is 11.2. The number of amides is 1. The number of halogens is 1. The van der Waals surface area contributed by atoms with Crippen molar-refractivity contribution in [3.8, 4) is 0 Å². The number of anilines is 1. The number of nitrogens with zero attached hydrogens (tertiary/aromatic N) is 3. The van der Waals surface area contributed by atoms with E-state index >= 15 is 0 Å². The van der Waals surface area contributed by atoms with Crippen LogP contribution in [0.5, 0.6) is 0 Å². The van der Waals surface area contributed by atoms with Gasteiger partial charge in [-0.25, -0.2) is 4.98 Å². The van der Waals surface area contributed by atoms with E-state index in [2.05, 4.69) is 20.6 Å². The molecule has 0 saturated heterocycles. The second-order valence-electron chi connectivity index (χ2n) is 5.92. The summed E-state index contributed by atoms with van der Waals surface area (Å²) in [6.07, 6.45) is 0.319. The zero-order chi connectivity index (χ0) is 18.9. The Hall–Kier alpha value is -2.60. The molecule has 0 aliphatic rings. The maximum absolute atomic E-state index is 12.0. The highest BCUT2D eigenvalue weighted by Gasteiger charge is 2.08. The van der Waals surface area contributed by atoms with Crippen molar-refractivity contribution < 1.29 is 4.79 Å². The van der Waals surface area contributed by atoms with Crippen molar-refractivity contribution in [3.05, 3.63) is 58.7 Å². The number of benzene rings is 1. The fourth-order valence-electron chi connectivity index (χ4n) is 2.47. The van der Waals surface area contributed by atoms with E-state index in [0.717, 1.165) is 11.3 Å². The van der Waals surface area contributed by atoms with Crippen LogP contribution in [0.25, 0.3) is 0 Å². The van der Waals surface area contributed by atoms with Gasteiger partial charge in [-0.05, 0) is 36.8 Å². The van der Waals surface area contributed by atoms with Crippen LogP contribution in [0.4, 0.5) is 5.82 Å². The molecule has 1 amide bonds. The second kappa shape index (κ2) is 9.77. The molecular weight excluding hydrogens is 350 g/mol. The molecule has 0 radical (unpaired) electrons. The maximum Gasteiger partial charge on any atom is 0.227 e. The largest absolute Gasteiger partial charge is 0.356 e. The molecule has 26 heavy (non-hydrogen) atoms. The summed E-state index contributed by atoms with van der Waals surface area (Å²) in [7, 11) is 3.65. The summed E-state index contributed by atoms with van der Waals surface area (Å²) in [4.78, 5) is 22.5. The number of aromatic nitrogens is 1. The zero-order valence-corrected chi connectivity index (χ0v) is 16.0. The Balaban J connectivity index is 1.80. The highest BCUT2D eigenvalue weighted by Crippen LogP contribution is 2.12. The standard InChI is InChI=1S/C19H24ClN5O/c1-14-6-4-9-17(23-14)24-18(26)10-11-22-19(21-2)25(3)13-15-7-5-8-16(20)12-15/h4-9,12H,10-11,13H2,1-3H3,(H,21,22)(H,23,24,26). The third-order valence-corrected chi connectivity index (χ3v) is 3.91. The van der Waals surface area contributed by atoms with E-state index in [4.69, 9.17) is 11.6 Å². The highest BCUT2D eigenvalue weighted by molar-refractivity contribution is 6.30. The van der Waals surface area contributed by atoms with Crippen molar-refractivity contribution in [1.29, 1.82) is 0 Å². The molecule has 1 aromatic heterocycles. The summed E-state index contributed by atoms with van der Waals surface area (Å²) in [5.41, 5.74) is 1.95. The van der Waals surface area contributed by atoms with E-state index < -0.39 is 0 Å². The molecule has 7 heteroatoms. The van der Waals surface area contributed by atoms with Crippen LogP contribution in [-0.4, -0.2) is 42.4 Å². The number of aliphatic imine (C=N–C) groups is 1. The Morgan fingerprint density at radius 3 is 2.73 bits per heavy atom. The van der Waals surface area contributed by atoms with Crippen molar-refractivity contribution >= 4 is 29.3 Å². The van der Waals surface area contributed by atoms with Crippen LogP contribution in [0, 0.1) is 6.92 Å². The lowest BCUT2D eigenvalue weighted by Crippen LogP contribution is -2.39. The van der Waals surface area contributed by atoms with Crippen molar-refractivity contribution in [2.45, 2.75) is 19.9 Å². The summed E-state index contributed by atoms with van der Waals surface area (Å²) in [5.74, 6) is 1.19. The van der Waals surface area contributed by atoms with Crippen LogP contribution >= 0.6 is 11.6 Å². The molecule has 0 unspecified atom stereocenters. The van der Waals surface area contributed by atoms with Gasteiger partial charge in [0.05, 0.1) is 0 Å². The van der Waals surface area contributed by atoms with Crippen LogP contribution in [0.15, 0.2) is 47.5 Å². The Kier molecular flexibility index (Phi) is 7.41. The van der Waals surface area contributed by atoms with Gasteiger partial charge in [0.2, 0.25) is 5.91 Å². The Morgan fingerprint density at radius 1 is 1.27 bits per heavy atom. The molecule has 0 aliphatic heterocycles. The van der Waals surface area contributed by atoms with Crippen LogP contribution in [-0.2, 0) is 11.3 Å². The number of pyridine rings is 1. The highest BCUT2D eigenvalue weighted by atomic mass is 35.5. The lowest BCUT2D eigenvalue weighted by molar-refractivity contribution is -0.116. The molecule has 2 N–H and O–H groups in total. The quantitative estimate of drug-likeness (QED) is 0.603. The predicted molar refractivity (Wildman–Crippen MR) is 107 cm³/mol. The molecule has 1 heterocycles. The molecule has 0 bridgehead atoms. The molecule has 0 aliphatic carbocycles. The predicted octanol–water partition coefficient (Wildman–Crippen LogP) is 3.08. The van der Waals surface area contributed by atoms with Crippen LogP contribution in [0.1, 0.15) is 17.7 Å². The van der Waals surface area contributed by atoms with Gasteiger partial charge < -0.3 is 15.5 Å². The van der Waals surface area contributed by atoms with Crippen molar-refractivity contribution in [2.75, 3.05) is 26.0 Å². The molecule has 0 atom stereocenters. The second-order valence-corrected chi connectivity index (χ2v) is 6.36. The summed E-state index contributed by atoms with van der Waals surface area (Å²) in [6.45, 7) is 3.03. The van der Waals surface area contributed by atoms with Gasteiger partial charge in [-0.2, -0.15) is 0 Å². The van der Waals surface area contributed by atoms with Gasteiger partial charge in [0, 0.05) is 44.3 Å². The fourth-order valence-corrected chi connectivity index (χ4v) is 2.69. The van der Waals surface area contributed by atoms with Crippen LogP contribution < -0.4 is 10.6 Å². The van der Waals surface area contributed by atoms with Crippen molar-refractivity contribution in [1.82, 2.24) is 15.2 Å². The molecule has 2 aromatic rings. The molecule has 0 saturated carbocycles. The third-order valence-electron chi connectivity index (χ3n) is 3.67. The summed E-state index contributed by atoms with van der Waals surface area (Å²) in [6, 6.07) is 13.2. The summed E-state index contributed by atoms with van der Waals surface area (Å²) in [5, 5.41) is 6.69. The van der Waals surface area contributed by atoms with E-state index in [1.165, 1.54) is 0 Å². The molecule has 1 aromatic carbocycles. The number of rotatable bonds is 6. The number of carbonyl (C=O) groups is 1. The van der Waals surface area contributed by atoms with Gasteiger partial charge in [0.15, 0.2) is 5.96 Å². The first-order valence-electron chi connectivity index (χ1n) is 8.37. The zero-order valence-electron chi connectivity index (χ0n) is 15.3. The minimum Gasteiger partial charge on any atom is -0.356 e. The van der Waals surface area contributed by atoms with Gasteiger partial charge in [0.25, 0.3) is 0 Å². The number of guanidine groups is 1. The smallest absolute Gasteiger partial charge is 0.227 e. The van der Waals surface area contributed by atoms with E-state index in [1.807, 2.05) is 55.3 Å². The fraction of sp³-hybridized carbons (Fsp3) is 0.316. The molecular formula is C19H24ClN5O. The maximum atomic E-state index is 12.0.